The molecule has 11 heavy (non-hydrogen) atoms. The van der Waals surface area contributed by atoms with Crippen molar-refractivity contribution in [1.29, 1.82) is 0 Å². The van der Waals surface area contributed by atoms with Crippen LogP contribution in [-0.4, -0.2) is 30.4 Å². The van der Waals surface area contributed by atoms with E-state index in [1.165, 1.54) is 19.3 Å². The van der Waals surface area contributed by atoms with Gasteiger partial charge >= 0.3 is 0 Å². The highest BCUT2D eigenvalue weighted by molar-refractivity contribution is 6.19. The molecule has 0 spiro atoms. The third-order valence-corrected chi connectivity index (χ3v) is 2.74. The Bertz CT molecular complexity index is 140. The van der Waals surface area contributed by atoms with Gasteiger partial charge in [-0.25, -0.2) is 0 Å². The first kappa shape index (κ1) is 9.08. The summed E-state index contributed by atoms with van der Waals surface area (Å²) in [4.78, 5) is 2.36. The Hall–Kier alpha value is -0.0100. The van der Waals surface area contributed by atoms with Crippen LogP contribution in [0.4, 0.5) is 0 Å². The predicted octanol–water partition coefficient (Wildman–Crippen LogP) is 2.27. The second-order valence-corrected chi connectivity index (χ2v) is 3.65. The number of nitrogens with zero attached hydrogens (tertiary/aromatic N) is 1. The maximum Gasteiger partial charge on any atom is 0.0443 e. The molecule has 1 nitrogen and oxygen atoms in total. The van der Waals surface area contributed by atoms with Gasteiger partial charge < -0.3 is 0 Å². The molecule has 0 radical (unpaired) electrons. The van der Waals surface area contributed by atoms with Crippen LogP contribution in [0.5, 0.6) is 0 Å². The molecular weight excluding hydrogens is 158 g/mol. The third kappa shape index (κ3) is 2.49. The summed E-state index contributed by atoms with van der Waals surface area (Å²) in [6.07, 6.45) is 4.10. The molecule has 0 aliphatic heterocycles. The number of rotatable bonds is 4. The van der Waals surface area contributed by atoms with Crippen molar-refractivity contribution in [1.82, 2.24) is 4.90 Å². The molecule has 0 N–H and O–H groups in total. The van der Waals surface area contributed by atoms with Crippen LogP contribution >= 0.6 is 11.6 Å². The van der Waals surface area contributed by atoms with E-state index in [-0.39, 0.29) is 0 Å². The molecule has 2 heteroatoms. The third-order valence-electron chi connectivity index (χ3n) is 2.36. The number of halogens is 1. The molecule has 0 heterocycles. The zero-order valence-electron chi connectivity index (χ0n) is 7.15. The normalized spacial score (nSPS) is 18.5. The fourth-order valence-electron chi connectivity index (χ4n) is 1.35. The van der Waals surface area contributed by atoms with Gasteiger partial charge in [0.2, 0.25) is 0 Å². The second kappa shape index (κ2) is 4.13. The maximum absolute atomic E-state index is 5.64. The lowest BCUT2D eigenvalue weighted by Crippen LogP contribution is -2.38. The molecule has 1 aliphatic carbocycles. The van der Waals surface area contributed by atoms with Gasteiger partial charge in [-0.3, -0.25) is 4.90 Å². The SMILES string of the molecule is C=C(CCl)CN(C)C1CCC1. The summed E-state index contributed by atoms with van der Waals surface area (Å²) in [6, 6.07) is 0.801. The van der Waals surface area contributed by atoms with E-state index < -0.39 is 0 Å². The van der Waals surface area contributed by atoms with E-state index in [9.17, 15) is 0 Å². The molecule has 1 fully saturated rings. The first-order valence-electron chi connectivity index (χ1n) is 4.17. The number of hydrogen-bond donors (Lipinski definition) is 0. The largest absolute Gasteiger partial charge is 0.299 e. The summed E-state index contributed by atoms with van der Waals surface area (Å²) in [5.74, 6) is 0.594. The van der Waals surface area contributed by atoms with Crippen LogP contribution < -0.4 is 0 Å². The van der Waals surface area contributed by atoms with Gasteiger partial charge in [0.25, 0.3) is 0 Å². The van der Waals surface area contributed by atoms with Crippen molar-refractivity contribution in [2.45, 2.75) is 25.3 Å². The van der Waals surface area contributed by atoms with Crippen LogP contribution in [0, 0.1) is 0 Å². The van der Waals surface area contributed by atoms with Gasteiger partial charge in [0.05, 0.1) is 0 Å². The van der Waals surface area contributed by atoms with E-state index in [0.29, 0.717) is 5.88 Å². The second-order valence-electron chi connectivity index (χ2n) is 3.38. The van der Waals surface area contributed by atoms with E-state index in [1.54, 1.807) is 0 Å². The van der Waals surface area contributed by atoms with Gasteiger partial charge in [0.15, 0.2) is 0 Å². The van der Waals surface area contributed by atoms with Crippen LogP contribution in [0.25, 0.3) is 0 Å². The van der Waals surface area contributed by atoms with Crippen LogP contribution in [-0.2, 0) is 0 Å². The predicted molar refractivity (Wildman–Crippen MR) is 50.1 cm³/mol. The first-order valence-corrected chi connectivity index (χ1v) is 4.70. The number of hydrogen-bond acceptors (Lipinski definition) is 1. The van der Waals surface area contributed by atoms with Crippen LogP contribution in [0.1, 0.15) is 19.3 Å². The Morgan fingerprint density at radius 3 is 2.64 bits per heavy atom. The lowest BCUT2D eigenvalue weighted by molar-refractivity contribution is 0.172. The van der Waals surface area contributed by atoms with Gasteiger partial charge in [-0.15, -0.1) is 11.6 Å². The maximum atomic E-state index is 5.64. The molecule has 1 rings (SSSR count). The molecule has 0 atom stereocenters. The van der Waals surface area contributed by atoms with Crippen molar-refractivity contribution in [3.05, 3.63) is 12.2 Å². The fourth-order valence-corrected chi connectivity index (χ4v) is 1.44. The molecule has 0 unspecified atom stereocenters. The van der Waals surface area contributed by atoms with Crippen molar-refractivity contribution < 1.29 is 0 Å². The molecule has 0 saturated heterocycles. The van der Waals surface area contributed by atoms with Gasteiger partial charge in [-0.05, 0) is 25.5 Å². The number of likely N-dealkylation sites (N-methyl/N-ethyl adjacent to an activating group) is 1. The van der Waals surface area contributed by atoms with E-state index in [0.717, 1.165) is 18.2 Å². The van der Waals surface area contributed by atoms with Gasteiger partial charge in [0.1, 0.15) is 0 Å². The van der Waals surface area contributed by atoms with Crippen molar-refractivity contribution >= 4 is 11.6 Å². The quantitative estimate of drug-likeness (QED) is 0.466. The minimum atomic E-state index is 0.594. The molecule has 0 aromatic carbocycles. The average molecular weight is 174 g/mol. The lowest BCUT2D eigenvalue weighted by Gasteiger charge is -2.34. The standard InChI is InChI=1S/C9H16ClN/c1-8(6-10)7-11(2)9-4-3-5-9/h9H,1,3-7H2,2H3. The smallest absolute Gasteiger partial charge is 0.0443 e. The van der Waals surface area contributed by atoms with E-state index in [4.69, 9.17) is 11.6 Å². The highest BCUT2D eigenvalue weighted by Gasteiger charge is 2.21. The van der Waals surface area contributed by atoms with E-state index in [1.807, 2.05) is 0 Å². The summed E-state index contributed by atoms with van der Waals surface area (Å²) in [5, 5.41) is 0. The summed E-state index contributed by atoms with van der Waals surface area (Å²) >= 11 is 5.64. The number of alkyl halides is 1. The van der Waals surface area contributed by atoms with Gasteiger partial charge in [0, 0.05) is 18.5 Å². The summed E-state index contributed by atoms with van der Waals surface area (Å²) in [6.45, 7) is 4.85. The molecule has 0 aromatic rings. The highest BCUT2D eigenvalue weighted by atomic mass is 35.5. The molecule has 1 saturated carbocycles. The summed E-state index contributed by atoms with van der Waals surface area (Å²) in [5.41, 5.74) is 1.13. The molecule has 0 amide bonds. The van der Waals surface area contributed by atoms with E-state index in [2.05, 4.69) is 18.5 Å². The topological polar surface area (TPSA) is 3.24 Å². The molecule has 64 valence electrons. The van der Waals surface area contributed by atoms with Crippen LogP contribution in [0.15, 0.2) is 12.2 Å². The Kier molecular flexibility index (Phi) is 3.41. The molecule has 0 aromatic heterocycles. The zero-order valence-corrected chi connectivity index (χ0v) is 7.90. The first-order chi connectivity index (χ1) is 5.24. The lowest BCUT2D eigenvalue weighted by atomic mass is 9.92. The summed E-state index contributed by atoms with van der Waals surface area (Å²) < 4.78 is 0. The Morgan fingerprint density at radius 1 is 1.64 bits per heavy atom. The monoisotopic (exact) mass is 173 g/mol. The minimum absolute atomic E-state index is 0.594. The highest BCUT2D eigenvalue weighted by Crippen LogP contribution is 2.23. The Morgan fingerprint density at radius 2 is 2.27 bits per heavy atom. The van der Waals surface area contributed by atoms with Gasteiger partial charge in [-0.1, -0.05) is 13.0 Å². The molecular formula is C9H16ClN. The van der Waals surface area contributed by atoms with Crippen molar-refractivity contribution in [2.75, 3.05) is 19.5 Å². The van der Waals surface area contributed by atoms with Crippen molar-refractivity contribution in [2.24, 2.45) is 0 Å². The summed E-state index contributed by atoms with van der Waals surface area (Å²) in [7, 11) is 2.15. The Balaban J connectivity index is 2.19. The zero-order chi connectivity index (χ0) is 8.27. The molecule has 0 bridgehead atoms. The van der Waals surface area contributed by atoms with Crippen LogP contribution in [0.2, 0.25) is 0 Å². The van der Waals surface area contributed by atoms with Gasteiger partial charge in [-0.2, -0.15) is 0 Å². The minimum Gasteiger partial charge on any atom is -0.299 e. The average Bonchev–Trinajstić information content (AvgIpc) is 1.83. The fraction of sp³-hybridized carbons (Fsp3) is 0.778. The van der Waals surface area contributed by atoms with Crippen molar-refractivity contribution in [3.8, 4) is 0 Å². The Labute approximate surface area is 74.0 Å². The van der Waals surface area contributed by atoms with E-state index >= 15 is 0 Å². The van der Waals surface area contributed by atoms with Crippen molar-refractivity contribution in [3.63, 3.8) is 0 Å². The van der Waals surface area contributed by atoms with Crippen LogP contribution in [0.3, 0.4) is 0 Å². The molecule has 1 aliphatic rings.